The molecule has 1 unspecified atom stereocenters. The summed E-state index contributed by atoms with van der Waals surface area (Å²) in [5, 5.41) is 4.61. The summed E-state index contributed by atoms with van der Waals surface area (Å²) in [6.45, 7) is 5.37. The van der Waals surface area contributed by atoms with E-state index in [1.807, 2.05) is 6.07 Å². The predicted molar refractivity (Wildman–Crippen MR) is 91.6 cm³/mol. The van der Waals surface area contributed by atoms with Crippen molar-refractivity contribution in [2.24, 2.45) is 0 Å². The number of unbranched alkanes of at least 4 members (excludes halogenated alkanes) is 4. The Morgan fingerprint density at radius 2 is 1.90 bits per heavy atom. The summed E-state index contributed by atoms with van der Waals surface area (Å²) in [6.07, 6.45) is 7.72. The highest BCUT2D eigenvalue weighted by Gasteiger charge is 2.13. The molecule has 2 aromatic rings. The molecule has 1 nitrogen and oxygen atoms in total. The van der Waals surface area contributed by atoms with E-state index in [1.54, 1.807) is 23.5 Å². The van der Waals surface area contributed by atoms with Crippen LogP contribution in [0.4, 0.5) is 4.39 Å². The van der Waals surface area contributed by atoms with Gasteiger partial charge in [-0.15, -0.1) is 11.3 Å². The maximum Gasteiger partial charge on any atom is 0.123 e. The number of hydrogen-bond donors (Lipinski definition) is 1. The van der Waals surface area contributed by atoms with E-state index in [-0.39, 0.29) is 5.82 Å². The molecule has 1 aromatic carbocycles. The summed E-state index contributed by atoms with van der Waals surface area (Å²) in [5.74, 6) is -0.147. The fourth-order valence-corrected chi connectivity index (χ4v) is 3.90. The van der Waals surface area contributed by atoms with E-state index in [4.69, 9.17) is 0 Å². The first-order valence-electron chi connectivity index (χ1n) is 8.17. The van der Waals surface area contributed by atoms with Gasteiger partial charge in [-0.05, 0) is 42.6 Å². The third-order valence-corrected chi connectivity index (χ3v) is 5.12. The molecule has 1 atom stereocenters. The summed E-state index contributed by atoms with van der Waals surface area (Å²) >= 11 is 1.79. The van der Waals surface area contributed by atoms with Gasteiger partial charge in [-0.25, -0.2) is 4.39 Å². The standard InChI is InChI=1S/C18H26FNS/c1-3-5-6-7-8-9-16(20-4-2)18-13-14-12-15(19)10-11-17(14)21-18/h10-13,16,20H,3-9H2,1-2H3. The SMILES string of the molecule is CCCCCCCC(NCC)c1cc2cc(F)ccc2s1. The zero-order valence-electron chi connectivity index (χ0n) is 13.1. The zero-order chi connectivity index (χ0) is 15.1. The molecule has 1 N–H and O–H groups in total. The van der Waals surface area contributed by atoms with Gasteiger partial charge in [0.05, 0.1) is 0 Å². The number of fused-ring (bicyclic) bond motifs is 1. The molecule has 0 spiro atoms. The van der Waals surface area contributed by atoms with E-state index in [9.17, 15) is 4.39 Å². The van der Waals surface area contributed by atoms with E-state index >= 15 is 0 Å². The van der Waals surface area contributed by atoms with Crippen molar-refractivity contribution in [2.45, 2.75) is 58.4 Å². The van der Waals surface area contributed by atoms with Crippen molar-refractivity contribution in [1.82, 2.24) is 5.32 Å². The van der Waals surface area contributed by atoms with Crippen LogP contribution < -0.4 is 5.32 Å². The highest BCUT2D eigenvalue weighted by atomic mass is 32.1. The minimum Gasteiger partial charge on any atom is -0.310 e. The molecule has 21 heavy (non-hydrogen) atoms. The molecule has 1 aromatic heterocycles. The number of nitrogens with one attached hydrogen (secondary N) is 1. The predicted octanol–water partition coefficient (Wildman–Crippen LogP) is 6.05. The molecule has 1 heterocycles. The molecule has 0 aliphatic heterocycles. The fourth-order valence-electron chi connectivity index (χ4n) is 2.75. The Balaban J connectivity index is 2.01. The maximum atomic E-state index is 13.3. The minimum absolute atomic E-state index is 0.147. The second-order valence-electron chi connectivity index (χ2n) is 5.64. The molecular formula is C18H26FNS. The quantitative estimate of drug-likeness (QED) is 0.556. The van der Waals surface area contributed by atoms with Gasteiger partial charge in [-0.3, -0.25) is 0 Å². The van der Waals surface area contributed by atoms with Gasteiger partial charge < -0.3 is 5.32 Å². The first kappa shape index (κ1) is 16.4. The van der Waals surface area contributed by atoms with Crippen LogP contribution in [0.3, 0.4) is 0 Å². The Bertz CT molecular complexity index is 549. The van der Waals surface area contributed by atoms with Crippen molar-refractivity contribution < 1.29 is 4.39 Å². The lowest BCUT2D eigenvalue weighted by Crippen LogP contribution is -2.19. The van der Waals surface area contributed by atoms with Crippen LogP contribution in [-0.4, -0.2) is 6.54 Å². The summed E-state index contributed by atoms with van der Waals surface area (Å²) in [5.41, 5.74) is 0. The van der Waals surface area contributed by atoms with Gasteiger partial charge in [0.15, 0.2) is 0 Å². The molecule has 0 saturated carbocycles. The lowest BCUT2D eigenvalue weighted by molar-refractivity contribution is 0.484. The minimum atomic E-state index is -0.147. The van der Waals surface area contributed by atoms with Crippen LogP contribution >= 0.6 is 11.3 Å². The van der Waals surface area contributed by atoms with Crippen LogP contribution in [0.15, 0.2) is 24.3 Å². The van der Waals surface area contributed by atoms with E-state index in [0.717, 1.165) is 11.9 Å². The summed E-state index contributed by atoms with van der Waals surface area (Å²) in [4.78, 5) is 1.34. The van der Waals surface area contributed by atoms with Crippen molar-refractivity contribution in [2.75, 3.05) is 6.54 Å². The Morgan fingerprint density at radius 1 is 1.10 bits per heavy atom. The topological polar surface area (TPSA) is 12.0 Å². The normalized spacial score (nSPS) is 12.9. The Kier molecular flexibility index (Phi) is 6.65. The van der Waals surface area contributed by atoms with Crippen LogP contribution in [0.2, 0.25) is 0 Å². The molecule has 0 aliphatic carbocycles. The number of thiophene rings is 1. The average molecular weight is 307 g/mol. The van der Waals surface area contributed by atoms with E-state index in [0.29, 0.717) is 6.04 Å². The number of hydrogen-bond acceptors (Lipinski definition) is 2. The molecule has 0 saturated heterocycles. The molecule has 116 valence electrons. The van der Waals surface area contributed by atoms with Crippen molar-refractivity contribution in [3.63, 3.8) is 0 Å². The molecule has 0 amide bonds. The molecule has 0 radical (unpaired) electrons. The van der Waals surface area contributed by atoms with Crippen molar-refractivity contribution in [3.05, 3.63) is 35.0 Å². The van der Waals surface area contributed by atoms with Crippen LogP contribution in [0.5, 0.6) is 0 Å². The fraction of sp³-hybridized carbons (Fsp3) is 0.556. The summed E-state index contributed by atoms with van der Waals surface area (Å²) in [7, 11) is 0. The van der Waals surface area contributed by atoms with Gasteiger partial charge in [-0.1, -0.05) is 46.0 Å². The average Bonchev–Trinajstić information content (AvgIpc) is 2.88. The van der Waals surface area contributed by atoms with Crippen LogP contribution in [0.25, 0.3) is 10.1 Å². The zero-order valence-corrected chi connectivity index (χ0v) is 13.9. The van der Waals surface area contributed by atoms with Gasteiger partial charge in [0.25, 0.3) is 0 Å². The Morgan fingerprint density at radius 3 is 2.67 bits per heavy atom. The second kappa shape index (κ2) is 8.50. The van der Waals surface area contributed by atoms with Crippen LogP contribution in [-0.2, 0) is 0 Å². The Labute approximate surface area is 131 Å². The second-order valence-corrected chi connectivity index (χ2v) is 6.76. The lowest BCUT2D eigenvalue weighted by Gasteiger charge is -2.16. The largest absolute Gasteiger partial charge is 0.310 e. The van der Waals surface area contributed by atoms with Crippen molar-refractivity contribution >= 4 is 21.4 Å². The first-order chi connectivity index (χ1) is 10.2. The molecule has 0 fully saturated rings. The van der Waals surface area contributed by atoms with Gasteiger partial charge in [0.1, 0.15) is 5.82 Å². The number of rotatable bonds is 9. The number of halogens is 1. The first-order valence-corrected chi connectivity index (χ1v) is 8.98. The van der Waals surface area contributed by atoms with Crippen molar-refractivity contribution in [1.29, 1.82) is 0 Å². The van der Waals surface area contributed by atoms with E-state index in [2.05, 4.69) is 25.2 Å². The van der Waals surface area contributed by atoms with Gasteiger partial charge >= 0.3 is 0 Å². The molecule has 3 heteroatoms. The van der Waals surface area contributed by atoms with Crippen LogP contribution in [0.1, 0.15) is 63.3 Å². The number of benzene rings is 1. The molecule has 2 rings (SSSR count). The molecule has 0 aliphatic rings. The third-order valence-electron chi connectivity index (χ3n) is 3.89. The van der Waals surface area contributed by atoms with Crippen molar-refractivity contribution in [3.8, 4) is 0 Å². The highest BCUT2D eigenvalue weighted by molar-refractivity contribution is 7.19. The lowest BCUT2D eigenvalue weighted by atomic mass is 10.0. The summed E-state index contributed by atoms with van der Waals surface area (Å²) < 4.78 is 14.5. The molecular weight excluding hydrogens is 281 g/mol. The van der Waals surface area contributed by atoms with Gasteiger partial charge in [-0.2, -0.15) is 0 Å². The van der Waals surface area contributed by atoms with Gasteiger partial charge in [0.2, 0.25) is 0 Å². The maximum absolute atomic E-state index is 13.3. The Hall–Kier alpha value is -0.930. The van der Waals surface area contributed by atoms with Crippen LogP contribution in [0, 0.1) is 5.82 Å². The molecule has 0 bridgehead atoms. The van der Waals surface area contributed by atoms with E-state index in [1.165, 1.54) is 48.1 Å². The summed E-state index contributed by atoms with van der Waals surface area (Å²) in [6, 6.07) is 7.65. The third kappa shape index (κ3) is 4.79. The highest BCUT2D eigenvalue weighted by Crippen LogP contribution is 2.32. The smallest absolute Gasteiger partial charge is 0.123 e. The monoisotopic (exact) mass is 307 g/mol. The van der Waals surface area contributed by atoms with Gasteiger partial charge in [0, 0.05) is 15.6 Å². The van der Waals surface area contributed by atoms with E-state index < -0.39 is 0 Å².